The summed E-state index contributed by atoms with van der Waals surface area (Å²) >= 11 is 0. The number of phosphoric ester groups is 1. The van der Waals surface area contributed by atoms with E-state index < -0.39 is 7.82 Å². The van der Waals surface area contributed by atoms with Crippen LogP contribution >= 0.6 is 15.7 Å². The zero-order valence-electron chi connectivity index (χ0n) is 22.4. The number of hydrogen-bond donors (Lipinski definition) is 0. The number of rotatable bonds is 23. The van der Waals surface area contributed by atoms with Gasteiger partial charge in [-0.1, -0.05) is 97.8 Å². The summed E-state index contributed by atoms with van der Waals surface area (Å²) < 4.78 is 17.7. The van der Waals surface area contributed by atoms with Gasteiger partial charge in [-0.3, -0.25) is 4.57 Å². The van der Waals surface area contributed by atoms with E-state index in [1.807, 2.05) is 0 Å². The Bertz CT molecular complexity index is 348. The standard InChI is InChI=1S/C24H51P.C2H7O4P/c1-4-7-10-13-16-19-22-25(23-20-17-14-11-8-5-2)24-21-18-15-12-9-6-3;1-5-7(3,4)6-2/h4-24H2,1-3H3;1-2H3,(H,3,4). The quantitative estimate of drug-likeness (QED) is 0.105. The zero-order valence-corrected chi connectivity index (χ0v) is 24.3. The first kappa shape index (κ1) is 34.7. The highest BCUT2D eigenvalue weighted by Gasteiger charge is 2.14. The van der Waals surface area contributed by atoms with E-state index in [1.54, 1.807) is 37.7 Å². The molecule has 0 radical (unpaired) electrons. The Balaban J connectivity index is 0. The number of hydrogen-bond acceptors (Lipinski definition) is 4. The molecule has 0 atom stereocenters. The van der Waals surface area contributed by atoms with Gasteiger partial charge in [-0.2, -0.15) is 0 Å². The molecular weight excluding hydrogens is 438 g/mol. The normalized spacial score (nSPS) is 11.6. The molecule has 0 spiro atoms. The lowest BCUT2D eigenvalue weighted by molar-refractivity contribution is -0.220. The second-order valence-corrected chi connectivity index (χ2v) is 13.7. The third-order valence-corrected chi connectivity index (χ3v) is 10.2. The van der Waals surface area contributed by atoms with Crippen molar-refractivity contribution < 1.29 is 18.5 Å². The van der Waals surface area contributed by atoms with Crippen molar-refractivity contribution in [2.45, 2.75) is 136 Å². The molecule has 32 heavy (non-hydrogen) atoms. The summed E-state index contributed by atoms with van der Waals surface area (Å²) in [6, 6.07) is 0. The van der Waals surface area contributed by atoms with Crippen molar-refractivity contribution in [2.75, 3.05) is 32.7 Å². The second-order valence-electron chi connectivity index (χ2n) is 9.12. The van der Waals surface area contributed by atoms with E-state index in [4.69, 9.17) is 0 Å². The molecule has 0 unspecified atom stereocenters. The lowest BCUT2D eigenvalue weighted by Gasteiger charge is -2.16. The van der Waals surface area contributed by atoms with Crippen LogP contribution in [0.25, 0.3) is 0 Å². The average molecular weight is 497 g/mol. The van der Waals surface area contributed by atoms with Gasteiger partial charge in [0.15, 0.2) is 0 Å². The molecule has 0 saturated heterocycles. The Kier molecular flexibility index (Phi) is 30.1. The van der Waals surface area contributed by atoms with Crippen LogP contribution in [0.1, 0.15) is 136 Å². The molecule has 0 N–H and O–H groups in total. The summed E-state index contributed by atoms with van der Waals surface area (Å²) in [5.74, 6) is 0. The Hall–Kier alpha value is 0.540. The van der Waals surface area contributed by atoms with E-state index in [1.165, 1.54) is 96.3 Å². The van der Waals surface area contributed by atoms with Crippen molar-refractivity contribution in [3.63, 3.8) is 0 Å². The first-order valence-corrected chi connectivity index (χ1v) is 17.3. The van der Waals surface area contributed by atoms with Crippen LogP contribution in [-0.2, 0) is 13.6 Å². The Labute approximate surface area is 203 Å². The van der Waals surface area contributed by atoms with E-state index in [0.717, 1.165) is 14.2 Å². The van der Waals surface area contributed by atoms with Crippen molar-refractivity contribution >= 4 is 15.7 Å². The van der Waals surface area contributed by atoms with Gasteiger partial charge >= 0.3 is 0 Å². The largest absolute Gasteiger partial charge is 0.756 e. The maximum atomic E-state index is 9.95. The van der Waals surface area contributed by atoms with E-state index in [-0.39, 0.29) is 7.92 Å². The molecule has 0 saturated carbocycles. The highest BCUT2D eigenvalue weighted by molar-refractivity contribution is 7.57. The maximum Gasteiger partial charge on any atom is 0.267 e. The van der Waals surface area contributed by atoms with Gasteiger partial charge in [0.1, 0.15) is 0 Å². The van der Waals surface area contributed by atoms with Gasteiger partial charge in [-0.15, -0.1) is 0 Å². The molecule has 0 aromatic heterocycles. The third-order valence-electron chi connectivity index (χ3n) is 6.10. The van der Waals surface area contributed by atoms with Crippen molar-refractivity contribution in [1.29, 1.82) is 0 Å². The first-order valence-electron chi connectivity index (χ1n) is 13.7. The van der Waals surface area contributed by atoms with Crippen LogP contribution in [0.5, 0.6) is 0 Å². The van der Waals surface area contributed by atoms with Gasteiger partial charge < -0.3 is 13.9 Å². The first-order chi connectivity index (χ1) is 15.5. The Morgan fingerprint density at radius 1 is 0.531 bits per heavy atom. The van der Waals surface area contributed by atoms with E-state index in [9.17, 15) is 9.46 Å². The molecule has 6 heteroatoms. The molecule has 0 aromatic carbocycles. The minimum absolute atomic E-state index is 0.0222. The monoisotopic (exact) mass is 496 g/mol. The highest BCUT2D eigenvalue weighted by atomic mass is 31.2. The van der Waals surface area contributed by atoms with Crippen molar-refractivity contribution in [2.24, 2.45) is 0 Å². The van der Waals surface area contributed by atoms with Crippen LogP contribution in [-0.4, -0.2) is 32.7 Å². The van der Waals surface area contributed by atoms with Crippen LogP contribution in [0.2, 0.25) is 0 Å². The van der Waals surface area contributed by atoms with E-state index >= 15 is 0 Å². The molecule has 0 bridgehead atoms. The maximum absolute atomic E-state index is 9.95. The topological polar surface area (TPSA) is 58.6 Å². The van der Waals surface area contributed by atoms with Crippen LogP contribution in [0.15, 0.2) is 0 Å². The van der Waals surface area contributed by atoms with Crippen LogP contribution in [0.3, 0.4) is 0 Å². The van der Waals surface area contributed by atoms with Crippen LogP contribution in [0, 0.1) is 0 Å². The Morgan fingerprint density at radius 2 is 0.781 bits per heavy atom. The van der Waals surface area contributed by atoms with Gasteiger partial charge in [-0.05, 0) is 38.5 Å². The van der Waals surface area contributed by atoms with Crippen molar-refractivity contribution in [1.82, 2.24) is 0 Å². The Morgan fingerprint density at radius 3 is 1.00 bits per heavy atom. The molecule has 4 nitrogen and oxygen atoms in total. The smallest absolute Gasteiger partial charge is 0.267 e. The van der Waals surface area contributed by atoms with Gasteiger partial charge in [0.2, 0.25) is 0 Å². The molecular formula is C26H58O4P2. The predicted molar refractivity (Wildman–Crippen MR) is 145 cm³/mol. The van der Waals surface area contributed by atoms with Crippen molar-refractivity contribution in [3.05, 3.63) is 0 Å². The highest BCUT2D eigenvalue weighted by Crippen LogP contribution is 2.39. The molecule has 0 aliphatic carbocycles. The molecule has 0 aliphatic rings. The summed E-state index contributed by atoms with van der Waals surface area (Å²) in [6.07, 6.45) is 31.5. The van der Waals surface area contributed by atoms with Crippen LogP contribution < -0.4 is 4.89 Å². The van der Waals surface area contributed by atoms with Gasteiger partial charge in [0, 0.05) is 22.1 Å². The molecule has 0 heterocycles. The van der Waals surface area contributed by atoms with Gasteiger partial charge in [-0.25, -0.2) is 0 Å². The van der Waals surface area contributed by atoms with E-state index in [2.05, 4.69) is 29.8 Å². The molecule has 0 fully saturated rings. The summed E-state index contributed by atoms with van der Waals surface area (Å²) in [7, 11) is -1.85. The molecule has 0 amide bonds. The third kappa shape index (κ3) is 28.6. The SMILES string of the molecule is CCCCCCCC[PH+](CCCCCCCC)CCCCCCCC.COP(=O)([O-])OC. The fourth-order valence-corrected chi connectivity index (χ4v) is 7.06. The molecule has 0 aromatic rings. The lowest BCUT2D eigenvalue weighted by atomic mass is 10.1. The zero-order chi connectivity index (χ0) is 24.3. The van der Waals surface area contributed by atoms with Gasteiger partial charge in [0.25, 0.3) is 7.82 Å². The molecule has 0 rings (SSSR count). The summed E-state index contributed by atoms with van der Waals surface area (Å²) in [4.78, 5) is 9.95. The van der Waals surface area contributed by atoms with E-state index in [0.29, 0.717) is 0 Å². The van der Waals surface area contributed by atoms with Gasteiger partial charge in [0.05, 0.1) is 18.5 Å². The summed E-state index contributed by atoms with van der Waals surface area (Å²) in [6.45, 7) is 6.96. The minimum Gasteiger partial charge on any atom is -0.756 e. The fraction of sp³-hybridized carbons (Fsp3) is 1.00. The number of unbranched alkanes of at least 4 members (excludes halogenated alkanes) is 15. The lowest BCUT2D eigenvalue weighted by Crippen LogP contribution is -2.02. The minimum atomic E-state index is -3.90. The number of phosphoric acid groups is 1. The second kappa shape index (κ2) is 27.8. The average Bonchev–Trinajstić information content (AvgIpc) is 2.80. The molecule has 0 aliphatic heterocycles. The summed E-state index contributed by atoms with van der Waals surface area (Å²) in [5, 5.41) is 0. The summed E-state index contributed by atoms with van der Waals surface area (Å²) in [5.41, 5.74) is 0. The van der Waals surface area contributed by atoms with Crippen LogP contribution in [0.4, 0.5) is 0 Å². The predicted octanol–water partition coefficient (Wildman–Crippen LogP) is 9.03. The van der Waals surface area contributed by atoms with Crippen molar-refractivity contribution in [3.8, 4) is 0 Å². The molecule has 196 valence electrons. The fourth-order valence-electron chi connectivity index (χ4n) is 3.92.